The molecule has 0 aliphatic carbocycles. The van der Waals surface area contributed by atoms with Gasteiger partial charge in [0, 0.05) is 37.4 Å². The molecule has 0 spiro atoms. The molecule has 0 aromatic heterocycles. The van der Waals surface area contributed by atoms with Gasteiger partial charge in [-0.2, -0.15) is 0 Å². The minimum atomic E-state index is 0.862. The highest BCUT2D eigenvalue weighted by Gasteiger charge is 2.10. The van der Waals surface area contributed by atoms with Gasteiger partial charge in [-0.3, -0.25) is 4.90 Å². The van der Waals surface area contributed by atoms with Gasteiger partial charge in [0.15, 0.2) is 0 Å². The number of hydrogen-bond acceptors (Lipinski definition) is 3. The molecule has 0 radical (unpaired) electrons. The first-order chi connectivity index (χ1) is 10.4. The number of ether oxygens (including phenoxy) is 1. The first-order valence-corrected chi connectivity index (χ1v) is 7.62. The molecule has 0 amide bonds. The van der Waals surface area contributed by atoms with E-state index in [1.54, 1.807) is 0 Å². The highest BCUT2D eigenvalue weighted by Crippen LogP contribution is 2.27. The molecular weight excluding hydrogens is 260 g/mol. The molecule has 1 heterocycles. The summed E-state index contributed by atoms with van der Waals surface area (Å²) in [6.07, 6.45) is 0. The average Bonchev–Trinajstić information content (AvgIpc) is 2.57. The molecular formula is C18H22N2O. The van der Waals surface area contributed by atoms with E-state index in [-0.39, 0.29) is 0 Å². The minimum Gasteiger partial charge on any atom is -0.383 e. The van der Waals surface area contributed by atoms with Gasteiger partial charge in [0.05, 0.1) is 13.2 Å². The summed E-state index contributed by atoms with van der Waals surface area (Å²) in [7, 11) is 0. The molecule has 1 aliphatic rings. The molecule has 1 saturated heterocycles. The smallest absolute Gasteiger partial charge is 0.0594 e. The van der Waals surface area contributed by atoms with Gasteiger partial charge in [0.25, 0.3) is 0 Å². The van der Waals surface area contributed by atoms with Crippen molar-refractivity contribution in [1.82, 2.24) is 4.90 Å². The average molecular weight is 282 g/mol. The van der Waals surface area contributed by atoms with Crippen LogP contribution in [0, 0.1) is 0 Å². The van der Waals surface area contributed by atoms with Crippen LogP contribution in [0.15, 0.2) is 54.6 Å². The molecule has 3 heteroatoms. The Labute approximate surface area is 126 Å². The molecule has 1 N–H and O–H groups in total. The van der Waals surface area contributed by atoms with Crippen molar-refractivity contribution in [3.05, 3.63) is 54.6 Å². The van der Waals surface area contributed by atoms with E-state index in [9.17, 15) is 0 Å². The summed E-state index contributed by atoms with van der Waals surface area (Å²) in [5.41, 5.74) is 3.73. The molecule has 1 aliphatic heterocycles. The summed E-state index contributed by atoms with van der Waals surface area (Å²) in [4.78, 5) is 2.45. The normalized spacial score (nSPS) is 15.8. The van der Waals surface area contributed by atoms with Crippen LogP contribution >= 0.6 is 0 Å². The molecule has 0 saturated carbocycles. The highest BCUT2D eigenvalue weighted by molar-refractivity contribution is 5.77. The topological polar surface area (TPSA) is 24.5 Å². The zero-order valence-corrected chi connectivity index (χ0v) is 12.3. The Hall–Kier alpha value is -1.84. The number of rotatable bonds is 5. The molecule has 2 aromatic rings. The summed E-state index contributed by atoms with van der Waals surface area (Å²) >= 11 is 0. The fourth-order valence-corrected chi connectivity index (χ4v) is 2.68. The van der Waals surface area contributed by atoms with E-state index in [0.29, 0.717) is 0 Å². The summed E-state index contributed by atoms with van der Waals surface area (Å²) in [5, 5.41) is 3.58. The summed E-state index contributed by atoms with van der Waals surface area (Å²) in [6, 6.07) is 19.0. The van der Waals surface area contributed by atoms with E-state index < -0.39 is 0 Å². The van der Waals surface area contributed by atoms with Gasteiger partial charge in [0.2, 0.25) is 0 Å². The van der Waals surface area contributed by atoms with E-state index in [4.69, 9.17) is 4.74 Å². The second-order valence-corrected chi connectivity index (χ2v) is 5.29. The second kappa shape index (κ2) is 7.25. The number of nitrogens with zero attached hydrogens (tertiary/aromatic N) is 1. The third-order valence-corrected chi connectivity index (χ3v) is 3.86. The van der Waals surface area contributed by atoms with Crippen molar-refractivity contribution in [2.24, 2.45) is 0 Å². The Bertz CT molecular complexity index is 550. The van der Waals surface area contributed by atoms with Gasteiger partial charge in [-0.25, -0.2) is 0 Å². The van der Waals surface area contributed by atoms with Gasteiger partial charge in [-0.15, -0.1) is 0 Å². The Morgan fingerprint density at radius 1 is 0.905 bits per heavy atom. The van der Waals surface area contributed by atoms with Crippen molar-refractivity contribution >= 4 is 5.69 Å². The lowest BCUT2D eigenvalue weighted by Gasteiger charge is -2.26. The maximum atomic E-state index is 5.38. The molecule has 0 unspecified atom stereocenters. The first-order valence-electron chi connectivity index (χ1n) is 7.62. The van der Waals surface area contributed by atoms with Crippen LogP contribution in [0.2, 0.25) is 0 Å². The van der Waals surface area contributed by atoms with Crippen molar-refractivity contribution in [3.8, 4) is 11.1 Å². The molecule has 1 fully saturated rings. The van der Waals surface area contributed by atoms with Crippen LogP contribution in [0.1, 0.15) is 0 Å². The molecule has 110 valence electrons. The third kappa shape index (κ3) is 3.84. The van der Waals surface area contributed by atoms with Crippen molar-refractivity contribution in [1.29, 1.82) is 0 Å². The maximum absolute atomic E-state index is 5.38. The van der Waals surface area contributed by atoms with Crippen LogP contribution in [-0.2, 0) is 4.74 Å². The Balaban J connectivity index is 1.63. The number of nitrogens with one attached hydrogen (secondary N) is 1. The van der Waals surface area contributed by atoms with Crippen molar-refractivity contribution in [3.63, 3.8) is 0 Å². The van der Waals surface area contributed by atoms with Crippen LogP contribution in [0.25, 0.3) is 11.1 Å². The Morgan fingerprint density at radius 2 is 1.62 bits per heavy atom. The Kier molecular flexibility index (Phi) is 4.87. The quantitative estimate of drug-likeness (QED) is 0.912. The second-order valence-electron chi connectivity index (χ2n) is 5.29. The standard InChI is InChI=1S/C18H22N2O/c1-2-6-16(7-3-1)17-8-4-5-9-18(17)19-10-11-20-12-14-21-15-13-20/h1-9,19H,10-15H2. The van der Waals surface area contributed by atoms with Crippen molar-refractivity contribution in [2.45, 2.75) is 0 Å². The van der Waals surface area contributed by atoms with Crippen LogP contribution in [-0.4, -0.2) is 44.3 Å². The predicted molar refractivity (Wildman–Crippen MR) is 87.6 cm³/mol. The number of hydrogen-bond donors (Lipinski definition) is 1. The number of para-hydroxylation sites is 1. The van der Waals surface area contributed by atoms with Crippen molar-refractivity contribution in [2.75, 3.05) is 44.7 Å². The van der Waals surface area contributed by atoms with Gasteiger partial charge in [-0.1, -0.05) is 48.5 Å². The summed E-state index contributed by atoms with van der Waals surface area (Å²) < 4.78 is 5.38. The number of anilines is 1. The fourth-order valence-electron chi connectivity index (χ4n) is 2.68. The fraction of sp³-hybridized carbons (Fsp3) is 0.333. The van der Waals surface area contributed by atoms with Crippen LogP contribution < -0.4 is 5.32 Å². The van der Waals surface area contributed by atoms with E-state index >= 15 is 0 Å². The molecule has 3 rings (SSSR count). The SMILES string of the molecule is c1ccc(-c2ccccc2NCCN2CCOCC2)cc1. The van der Waals surface area contributed by atoms with Crippen LogP contribution in [0.4, 0.5) is 5.69 Å². The zero-order chi connectivity index (χ0) is 14.3. The number of morpholine rings is 1. The molecule has 21 heavy (non-hydrogen) atoms. The highest BCUT2D eigenvalue weighted by atomic mass is 16.5. The van der Waals surface area contributed by atoms with Gasteiger partial charge >= 0.3 is 0 Å². The molecule has 0 atom stereocenters. The molecule has 3 nitrogen and oxygen atoms in total. The van der Waals surface area contributed by atoms with E-state index in [1.807, 2.05) is 0 Å². The lowest BCUT2D eigenvalue weighted by atomic mass is 10.0. The molecule has 0 bridgehead atoms. The lowest BCUT2D eigenvalue weighted by Crippen LogP contribution is -2.39. The summed E-state index contributed by atoms with van der Waals surface area (Å²) in [5.74, 6) is 0. The van der Waals surface area contributed by atoms with E-state index in [2.05, 4.69) is 64.8 Å². The minimum absolute atomic E-state index is 0.862. The van der Waals surface area contributed by atoms with Gasteiger partial charge in [-0.05, 0) is 11.6 Å². The van der Waals surface area contributed by atoms with Crippen LogP contribution in [0.5, 0.6) is 0 Å². The monoisotopic (exact) mass is 282 g/mol. The van der Waals surface area contributed by atoms with Gasteiger partial charge in [0.1, 0.15) is 0 Å². The van der Waals surface area contributed by atoms with Crippen LogP contribution in [0.3, 0.4) is 0 Å². The largest absolute Gasteiger partial charge is 0.383 e. The third-order valence-electron chi connectivity index (χ3n) is 3.86. The number of benzene rings is 2. The lowest BCUT2D eigenvalue weighted by molar-refractivity contribution is 0.0398. The maximum Gasteiger partial charge on any atom is 0.0594 e. The molecule has 2 aromatic carbocycles. The zero-order valence-electron chi connectivity index (χ0n) is 12.3. The van der Waals surface area contributed by atoms with E-state index in [1.165, 1.54) is 16.8 Å². The first kappa shape index (κ1) is 14.1. The predicted octanol–water partition coefficient (Wildman–Crippen LogP) is 3.10. The van der Waals surface area contributed by atoms with Gasteiger partial charge < -0.3 is 10.1 Å². The Morgan fingerprint density at radius 3 is 2.43 bits per heavy atom. The summed E-state index contributed by atoms with van der Waals surface area (Å²) in [6.45, 7) is 5.83. The van der Waals surface area contributed by atoms with Crippen molar-refractivity contribution < 1.29 is 4.74 Å². The van der Waals surface area contributed by atoms with E-state index in [0.717, 1.165) is 39.4 Å².